The number of fused-ring (bicyclic) bond motifs is 2. The van der Waals surface area contributed by atoms with E-state index < -0.39 is 0 Å². The number of nitrogens with zero attached hydrogens (tertiary/aromatic N) is 3. The quantitative estimate of drug-likeness (QED) is 0.562. The van der Waals surface area contributed by atoms with Gasteiger partial charge in [-0.25, -0.2) is 4.98 Å². The number of ether oxygens (including phenoxy) is 1. The highest BCUT2D eigenvalue weighted by molar-refractivity contribution is 5.97. The molecule has 2 aromatic heterocycles. The Hall–Kier alpha value is -3.61. The normalized spacial score (nSPS) is 13.5. The molecule has 4 aromatic rings. The van der Waals surface area contributed by atoms with Crippen LogP contribution >= 0.6 is 0 Å². The predicted molar refractivity (Wildman–Crippen MR) is 109 cm³/mol. The zero-order chi connectivity index (χ0) is 19.8. The van der Waals surface area contributed by atoms with Gasteiger partial charge in [-0.1, -0.05) is 18.2 Å². The van der Waals surface area contributed by atoms with Crippen molar-refractivity contribution >= 4 is 16.9 Å². The third-order valence-electron chi connectivity index (χ3n) is 5.27. The van der Waals surface area contributed by atoms with Crippen molar-refractivity contribution in [2.75, 3.05) is 6.54 Å². The molecule has 5 rings (SSSR count). The van der Waals surface area contributed by atoms with Gasteiger partial charge in [0.25, 0.3) is 5.91 Å². The van der Waals surface area contributed by atoms with Crippen LogP contribution in [0.5, 0.6) is 5.75 Å². The van der Waals surface area contributed by atoms with Gasteiger partial charge in [0.1, 0.15) is 23.9 Å². The van der Waals surface area contributed by atoms with Gasteiger partial charge in [0, 0.05) is 36.3 Å². The lowest BCUT2D eigenvalue weighted by Gasteiger charge is -2.27. The molecule has 0 saturated heterocycles. The maximum Gasteiger partial charge on any atom is 0.254 e. The number of carbonyl (C=O) groups excluding carboxylic acids is 1. The van der Waals surface area contributed by atoms with E-state index in [9.17, 15) is 4.79 Å². The van der Waals surface area contributed by atoms with Crippen LogP contribution in [-0.2, 0) is 19.6 Å². The molecule has 7 nitrogen and oxygen atoms in total. The summed E-state index contributed by atoms with van der Waals surface area (Å²) in [7, 11) is 0. The predicted octanol–water partition coefficient (Wildman–Crippen LogP) is 3.37. The van der Waals surface area contributed by atoms with Crippen LogP contribution in [0.4, 0.5) is 0 Å². The molecule has 146 valence electrons. The Morgan fingerprint density at radius 1 is 1.21 bits per heavy atom. The maximum absolute atomic E-state index is 13.1. The summed E-state index contributed by atoms with van der Waals surface area (Å²) >= 11 is 0. The van der Waals surface area contributed by atoms with Crippen molar-refractivity contribution in [2.45, 2.75) is 26.5 Å². The third-order valence-corrected chi connectivity index (χ3v) is 5.27. The number of carbonyl (C=O) groups is 1. The fraction of sp³-hybridized carbons (Fsp3) is 0.227. The molecule has 7 heteroatoms. The number of aromatic amines is 2. The molecule has 0 aliphatic carbocycles. The number of aryl methyl sites for hydroxylation is 1. The number of nitrogens with one attached hydrogen (secondary N) is 2. The van der Waals surface area contributed by atoms with Gasteiger partial charge < -0.3 is 14.6 Å². The molecule has 1 aliphatic heterocycles. The van der Waals surface area contributed by atoms with E-state index in [1.54, 1.807) is 0 Å². The van der Waals surface area contributed by atoms with Crippen LogP contribution in [0.2, 0.25) is 0 Å². The van der Waals surface area contributed by atoms with Gasteiger partial charge in [0.05, 0.1) is 11.0 Å². The van der Waals surface area contributed by atoms with Crippen LogP contribution in [0.25, 0.3) is 11.0 Å². The Morgan fingerprint density at radius 2 is 2.07 bits per heavy atom. The number of para-hydroxylation sites is 1. The maximum atomic E-state index is 13.1. The fourth-order valence-corrected chi connectivity index (χ4v) is 3.77. The first-order chi connectivity index (χ1) is 14.2. The van der Waals surface area contributed by atoms with Crippen LogP contribution in [0, 0.1) is 6.92 Å². The molecule has 0 radical (unpaired) electrons. The van der Waals surface area contributed by atoms with Crippen LogP contribution in [0.15, 0.2) is 48.5 Å². The highest BCUT2D eigenvalue weighted by atomic mass is 16.5. The number of hydrogen-bond acceptors (Lipinski definition) is 4. The minimum Gasteiger partial charge on any atom is -0.487 e. The summed E-state index contributed by atoms with van der Waals surface area (Å²) in [5, 5.41) is 7.53. The van der Waals surface area contributed by atoms with Crippen molar-refractivity contribution in [3.63, 3.8) is 0 Å². The van der Waals surface area contributed by atoms with Gasteiger partial charge in [-0.05, 0) is 37.3 Å². The van der Waals surface area contributed by atoms with E-state index in [1.165, 1.54) is 0 Å². The Bertz CT molecular complexity index is 1180. The molecule has 0 bridgehead atoms. The number of imidazole rings is 1. The Labute approximate surface area is 167 Å². The summed E-state index contributed by atoms with van der Waals surface area (Å²) in [6.07, 6.45) is 0.755. The first-order valence-electron chi connectivity index (χ1n) is 9.66. The van der Waals surface area contributed by atoms with Crippen molar-refractivity contribution in [3.8, 4) is 5.75 Å². The zero-order valence-electron chi connectivity index (χ0n) is 16.1. The molecular weight excluding hydrogens is 366 g/mol. The summed E-state index contributed by atoms with van der Waals surface area (Å²) in [6.45, 7) is 3.47. The molecule has 3 heterocycles. The average Bonchev–Trinajstić information content (AvgIpc) is 3.33. The Morgan fingerprint density at radius 3 is 2.93 bits per heavy atom. The number of aromatic nitrogens is 4. The number of hydrogen-bond donors (Lipinski definition) is 2. The minimum absolute atomic E-state index is 0.0148. The van der Waals surface area contributed by atoms with E-state index in [4.69, 9.17) is 4.74 Å². The van der Waals surface area contributed by atoms with Crippen LogP contribution in [0.3, 0.4) is 0 Å². The number of amides is 1. The molecule has 0 fully saturated rings. The average molecular weight is 387 g/mol. The van der Waals surface area contributed by atoms with Gasteiger partial charge in [0.2, 0.25) is 0 Å². The van der Waals surface area contributed by atoms with Gasteiger partial charge in [0.15, 0.2) is 0 Å². The van der Waals surface area contributed by atoms with Crippen molar-refractivity contribution in [3.05, 3.63) is 76.9 Å². The molecular formula is C22H21N5O2. The summed E-state index contributed by atoms with van der Waals surface area (Å²) in [4.78, 5) is 22.6. The highest BCUT2D eigenvalue weighted by Gasteiger charge is 2.26. The second-order valence-electron chi connectivity index (χ2n) is 7.26. The number of H-pyrrole nitrogens is 2. The van der Waals surface area contributed by atoms with E-state index in [1.807, 2.05) is 60.4 Å². The zero-order valence-corrected chi connectivity index (χ0v) is 16.1. The van der Waals surface area contributed by atoms with E-state index in [-0.39, 0.29) is 5.91 Å². The van der Waals surface area contributed by atoms with Gasteiger partial charge in [-0.2, -0.15) is 5.10 Å². The summed E-state index contributed by atoms with van der Waals surface area (Å²) in [5.74, 6) is 1.66. The van der Waals surface area contributed by atoms with Gasteiger partial charge in [-0.15, -0.1) is 0 Å². The van der Waals surface area contributed by atoms with Crippen molar-refractivity contribution in [1.29, 1.82) is 0 Å². The first kappa shape index (κ1) is 17.5. The molecule has 1 amide bonds. The van der Waals surface area contributed by atoms with Gasteiger partial charge in [-0.3, -0.25) is 9.89 Å². The van der Waals surface area contributed by atoms with Crippen molar-refractivity contribution < 1.29 is 9.53 Å². The fourth-order valence-electron chi connectivity index (χ4n) is 3.77. The van der Waals surface area contributed by atoms with Crippen LogP contribution in [-0.4, -0.2) is 37.5 Å². The Kier molecular flexibility index (Phi) is 4.27. The molecule has 29 heavy (non-hydrogen) atoms. The molecule has 0 spiro atoms. The molecule has 0 saturated carbocycles. The lowest BCUT2D eigenvalue weighted by atomic mass is 10.0. The number of benzene rings is 2. The van der Waals surface area contributed by atoms with Gasteiger partial charge >= 0.3 is 0 Å². The SMILES string of the molecule is Cc1nc2ccc(C(=O)N3CCc4[nH]nc(COc5ccccc5)c4C3)cc2[nH]1. The highest BCUT2D eigenvalue weighted by Crippen LogP contribution is 2.24. The van der Waals surface area contributed by atoms with Crippen molar-refractivity contribution in [2.24, 2.45) is 0 Å². The lowest BCUT2D eigenvalue weighted by molar-refractivity contribution is 0.0733. The number of rotatable bonds is 4. The van der Waals surface area contributed by atoms with Crippen LogP contribution in [0.1, 0.15) is 33.1 Å². The lowest BCUT2D eigenvalue weighted by Crippen LogP contribution is -2.36. The monoisotopic (exact) mass is 387 g/mol. The summed E-state index contributed by atoms with van der Waals surface area (Å²) < 4.78 is 5.85. The first-order valence-corrected chi connectivity index (χ1v) is 9.66. The minimum atomic E-state index is 0.0148. The second kappa shape index (κ2) is 7.09. The molecule has 2 aromatic carbocycles. The largest absolute Gasteiger partial charge is 0.487 e. The topological polar surface area (TPSA) is 86.9 Å². The summed E-state index contributed by atoms with van der Waals surface area (Å²) in [6, 6.07) is 15.3. The molecule has 2 N–H and O–H groups in total. The van der Waals surface area contributed by atoms with E-state index in [0.717, 1.165) is 46.0 Å². The van der Waals surface area contributed by atoms with Crippen LogP contribution < -0.4 is 4.74 Å². The Balaban J connectivity index is 1.34. The second-order valence-corrected chi connectivity index (χ2v) is 7.26. The summed E-state index contributed by atoms with van der Waals surface area (Å²) in [5.41, 5.74) is 5.40. The molecule has 0 unspecified atom stereocenters. The van der Waals surface area contributed by atoms with E-state index >= 15 is 0 Å². The standard InChI is InChI=1S/C22H21N5O2/c1-14-23-19-8-7-15(11-20(19)24-14)22(28)27-10-9-18-17(12-27)21(26-25-18)13-29-16-5-3-2-4-6-16/h2-8,11H,9-10,12-13H2,1H3,(H,23,24)(H,25,26). The molecule has 0 atom stereocenters. The van der Waals surface area contributed by atoms with E-state index in [0.29, 0.717) is 25.3 Å². The third kappa shape index (κ3) is 3.35. The smallest absolute Gasteiger partial charge is 0.254 e. The van der Waals surface area contributed by atoms with Crippen molar-refractivity contribution in [1.82, 2.24) is 25.1 Å². The van der Waals surface area contributed by atoms with E-state index in [2.05, 4.69) is 20.2 Å². The molecule has 1 aliphatic rings.